The maximum atomic E-state index is 13.5. The first-order valence-corrected chi connectivity index (χ1v) is 11.7. The van der Waals surface area contributed by atoms with E-state index in [-0.39, 0.29) is 16.5 Å². The second-order valence-electron chi connectivity index (χ2n) is 7.88. The first kappa shape index (κ1) is 20.3. The summed E-state index contributed by atoms with van der Waals surface area (Å²) >= 11 is 0. The van der Waals surface area contributed by atoms with Crippen LogP contribution in [-0.4, -0.2) is 25.4 Å². The number of para-hydroxylation sites is 1. The fraction of sp³-hybridized carbons (Fsp3) is 0.167. The SMILES string of the molecule is Cc1nc2cc(NC(=O)c3cccc(S(=O)(=O)N4c5ccccc5C[C@H]4C)c3)ccc2o1. The van der Waals surface area contributed by atoms with E-state index in [1.54, 1.807) is 37.3 Å². The fourth-order valence-electron chi connectivity index (χ4n) is 4.14. The highest BCUT2D eigenvalue weighted by atomic mass is 32.2. The molecule has 0 saturated carbocycles. The van der Waals surface area contributed by atoms with Gasteiger partial charge in [-0.2, -0.15) is 0 Å². The van der Waals surface area contributed by atoms with Crippen LogP contribution in [0.2, 0.25) is 0 Å². The van der Waals surface area contributed by atoms with Gasteiger partial charge in [0.1, 0.15) is 5.52 Å². The second-order valence-corrected chi connectivity index (χ2v) is 9.69. The van der Waals surface area contributed by atoms with Crippen molar-refractivity contribution >= 4 is 38.4 Å². The van der Waals surface area contributed by atoms with E-state index < -0.39 is 15.9 Å². The molecule has 162 valence electrons. The standard InChI is InChI=1S/C24H21N3O4S/c1-15-12-17-6-3-4-9-22(17)27(15)32(29,30)20-8-5-7-18(13-20)24(28)26-19-10-11-23-21(14-19)25-16(2)31-23/h3-11,13-15H,12H2,1-2H3,(H,26,28)/t15-/m1/s1. The third-order valence-electron chi connectivity index (χ3n) is 5.55. The van der Waals surface area contributed by atoms with Gasteiger partial charge in [-0.05, 0) is 61.4 Å². The number of fused-ring (bicyclic) bond motifs is 2. The smallest absolute Gasteiger partial charge is 0.264 e. The number of carbonyl (C=O) groups is 1. The highest BCUT2D eigenvalue weighted by Crippen LogP contribution is 2.36. The van der Waals surface area contributed by atoms with Crippen molar-refractivity contribution in [3.63, 3.8) is 0 Å². The molecule has 1 atom stereocenters. The maximum absolute atomic E-state index is 13.5. The summed E-state index contributed by atoms with van der Waals surface area (Å²) in [6.45, 7) is 3.64. The number of carbonyl (C=O) groups excluding carboxylic acids is 1. The van der Waals surface area contributed by atoms with Crippen LogP contribution in [0.15, 0.2) is 76.0 Å². The number of benzene rings is 3. The fourth-order valence-corrected chi connectivity index (χ4v) is 5.88. The van der Waals surface area contributed by atoms with Gasteiger partial charge in [0, 0.05) is 24.2 Å². The van der Waals surface area contributed by atoms with Crippen LogP contribution in [0.25, 0.3) is 11.1 Å². The van der Waals surface area contributed by atoms with Crippen molar-refractivity contribution in [1.82, 2.24) is 4.98 Å². The van der Waals surface area contributed by atoms with Crippen LogP contribution in [0, 0.1) is 6.92 Å². The molecule has 1 aliphatic rings. The van der Waals surface area contributed by atoms with Crippen molar-refractivity contribution in [3.8, 4) is 0 Å². The normalized spacial score (nSPS) is 15.7. The number of nitrogens with one attached hydrogen (secondary N) is 1. The van der Waals surface area contributed by atoms with Crippen molar-refractivity contribution in [3.05, 3.63) is 83.7 Å². The van der Waals surface area contributed by atoms with Crippen LogP contribution in [-0.2, 0) is 16.4 Å². The number of hydrogen-bond donors (Lipinski definition) is 1. The van der Waals surface area contributed by atoms with E-state index >= 15 is 0 Å². The number of oxazole rings is 1. The Labute approximate surface area is 185 Å². The molecule has 0 bridgehead atoms. The first-order chi connectivity index (χ1) is 15.3. The van der Waals surface area contributed by atoms with Crippen LogP contribution in [0.4, 0.5) is 11.4 Å². The molecule has 32 heavy (non-hydrogen) atoms. The van der Waals surface area contributed by atoms with Gasteiger partial charge in [0.2, 0.25) is 0 Å². The van der Waals surface area contributed by atoms with E-state index in [1.165, 1.54) is 16.4 Å². The molecule has 1 amide bonds. The minimum absolute atomic E-state index is 0.0799. The number of aryl methyl sites for hydroxylation is 1. The molecule has 1 N–H and O–H groups in total. The van der Waals surface area contributed by atoms with Gasteiger partial charge >= 0.3 is 0 Å². The molecular weight excluding hydrogens is 426 g/mol. The van der Waals surface area contributed by atoms with E-state index in [0.29, 0.717) is 34.8 Å². The molecule has 3 aromatic carbocycles. The highest BCUT2D eigenvalue weighted by Gasteiger charge is 2.36. The molecule has 4 aromatic rings. The molecule has 0 spiro atoms. The lowest BCUT2D eigenvalue weighted by molar-refractivity contribution is 0.102. The number of amides is 1. The van der Waals surface area contributed by atoms with Crippen LogP contribution in [0.1, 0.15) is 28.7 Å². The van der Waals surface area contributed by atoms with Gasteiger partial charge in [0.25, 0.3) is 15.9 Å². The zero-order valence-electron chi connectivity index (χ0n) is 17.6. The molecule has 0 unspecified atom stereocenters. The van der Waals surface area contributed by atoms with Crippen molar-refractivity contribution in [1.29, 1.82) is 0 Å². The van der Waals surface area contributed by atoms with E-state index in [2.05, 4.69) is 10.3 Å². The minimum Gasteiger partial charge on any atom is -0.441 e. The molecule has 2 heterocycles. The monoisotopic (exact) mass is 447 g/mol. The predicted molar refractivity (Wildman–Crippen MR) is 122 cm³/mol. The Morgan fingerprint density at radius 3 is 2.75 bits per heavy atom. The molecule has 1 aromatic heterocycles. The number of hydrogen-bond acceptors (Lipinski definition) is 5. The summed E-state index contributed by atoms with van der Waals surface area (Å²) in [7, 11) is -3.83. The van der Waals surface area contributed by atoms with Gasteiger partial charge < -0.3 is 9.73 Å². The minimum atomic E-state index is -3.83. The lowest BCUT2D eigenvalue weighted by Crippen LogP contribution is -2.35. The van der Waals surface area contributed by atoms with Crippen molar-refractivity contribution in [2.75, 3.05) is 9.62 Å². The van der Waals surface area contributed by atoms with Gasteiger partial charge in [-0.15, -0.1) is 0 Å². The predicted octanol–water partition coefficient (Wildman–Crippen LogP) is 4.53. The van der Waals surface area contributed by atoms with Gasteiger partial charge in [-0.3, -0.25) is 9.10 Å². The Morgan fingerprint density at radius 2 is 1.91 bits per heavy atom. The average Bonchev–Trinajstić information content (AvgIpc) is 3.31. The van der Waals surface area contributed by atoms with Gasteiger partial charge in [-0.25, -0.2) is 13.4 Å². The number of anilines is 2. The summed E-state index contributed by atoms with van der Waals surface area (Å²) in [5, 5.41) is 2.80. The van der Waals surface area contributed by atoms with Crippen molar-refractivity contribution in [2.24, 2.45) is 0 Å². The van der Waals surface area contributed by atoms with Gasteiger partial charge in [0.15, 0.2) is 11.5 Å². The van der Waals surface area contributed by atoms with E-state index in [0.717, 1.165) is 5.56 Å². The van der Waals surface area contributed by atoms with Crippen LogP contribution < -0.4 is 9.62 Å². The van der Waals surface area contributed by atoms with E-state index in [4.69, 9.17) is 4.42 Å². The Kier molecular flexibility index (Phi) is 4.74. The van der Waals surface area contributed by atoms with Crippen molar-refractivity contribution in [2.45, 2.75) is 31.2 Å². The number of sulfonamides is 1. The summed E-state index contributed by atoms with van der Waals surface area (Å²) in [6.07, 6.45) is 0.652. The molecular formula is C24H21N3O4S. The Bertz CT molecular complexity index is 1460. The van der Waals surface area contributed by atoms with Crippen LogP contribution in [0.5, 0.6) is 0 Å². The first-order valence-electron chi connectivity index (χ1n) is 10.2. The molecule has 0 radical (unpaired) electrons. The molecule has 0 aliphatic carbocycles. The lowest BCUT2D eigenvalue weighted by Gasteiger charge is -2.24. The maximum Gasteiger partial charge on any atom is 0.264 e. The Morgan fingerprint density at radius 1 is 1.09 bits per heavy atom. The van der Waals surface area contributed by atoms with E-state index in [9.17, 15) is 13.2 Å². The number of aromatic nitrogens is 1. The zero-order chi connectivity index (χ0) is 22.5. The summed E-state index contributed by atoms with van der Waals surface area (Å²) in [4.78, 5) is 17.2. The quantitative estimate of drug-likeness (QED) is 0.496. The molecule has 1 aliphatic heterocycles. The summed E-state index contributed by atoms with van der Waals surface area (Å²) in [6, 6.07) is 18.6. The third kappa shape index (κ3) is 3.42. The third-order valence-corrected chi connectivity index (χ3v) is 7.47. The van der Waals surface area contributed by atoms with Crippen LogP contribution in [0.3, 0.4) is 0 Å². The van der Waals surface area contributed by atoms with E-state index in [1.807, 2.05) is 31.2 Å². The average molecular weight is 448 g/mol. The molecule has 8 heteroatoms. The number of nitrogens with zero attached hydrogens (tertiary/aromatic N) is 2. The second kappa shape index (κ2) is 7.49. The molecule has 0 saturated heterocycles. The van der Waals surface area contributed by atoms with Crippen LogP contribution >= 0.6 is 0 Å². The molecule has 5 rings (SSSR count). The van der Waals surface area contributed by atoms with Gasteiger partial charge in [0.05, 0.1) is 10.6 Å². The summed E-state index contributed by atoms with van der Waals surface area (Å²) < 4.78 is 33.8. The number of rotatable bonds is 4. The Balaban J connectivity index is 1.44. The lowest BCUT2D eigenvalue weighted by atomic mass is 10.1. The largest absolute Gasteiger partial charge is 0.441 e. The summed E-state index contributed by atoms with van der Waals surface area (Å²) in [5.74, 6) is 0.135. The van der Waals surface area contributed by atoms with Gasteiger partial charge in [-0.1, -0.05) is 24.3 Å². The Hall–Kier alpha value is -3.65. The molecule has 7 nitrogen and oxygen atoms in total. The molecule has 0 fully saturated rings. The summed E-state index contributed by atoms with van der Waals surface area (Å²) in [5.41, 5.74) is 3.75. The zero-order valence-corrected chi connectivity index (χ0v) is 18.4. The highest BCUT2D eigenvalue weighted by molar-refractivity contribution is 7.92. The topological polar surface area (TPSA) is 92.5 Å². The van der Waals surface area contributed by atoms with Crippen molar-refractivity contribution < 1.29 is 17.6 Å².